The van der Waals surface area contributed by atoms with Crippen molar-refractivity contribution in [1.29, 1.82) is 5.26 Å². The van der Waals surface area contributed by atoms with Crippen LogP contribution >= 0.6 is 11.3 Å². The third-order valence-corrected chi connectivity index (χ3v) is 2.23. The molecule has 1 aromatic rings. The lowest BCUT2D eigenvalue weighted by molar-refractivity contribution is -0.0633. The van der Waals surface area contributed by atoms with E-state index in [0.717, 1.165) is 17.4 Å². The second-order valence-electron chi connectivity index (χ2n) is 2.15. The number of hydrogen-bond donors (Lipinski definition) is 1. The van der Waals surface area contributed by atoms with Gasteiger partial charge in [0.1, 0.15) is 6.07 Å². The van der Waals surface area contributed by atoms with Crippen LogP contribution in [0.25, 0.3) is 0 Å². The fraction of sp³-hybridized carbons (Fsp3) is 0.286. The summed E-state index contributed by atoms with van der Waals surface area (Å²) in [5.41, 5.74) is 0. The molecule has 1 rings (SSSR count). The van der Waals surface area contributed by atoms with E-state index in [2.05, 4.69) is 0 Å². The highest BCUT2D eigenvalue weighted by Gasteiger charge is 2.40. The molecule has 1 heterocycles. The molecule has 5 heteroatoms. The van der Waals surface area contributed by atoms with Crippen LogP contribution in [0.3, 0.4) is 0 Å². The van der Waals surface area contributed by atoms with Gasteiger partial charge in [0.25, 0.3) is 0 Å². The Bertz CT molecular complexity index is 291. The molecule has 12 heavy (non-hydrogen) atoms. The third kappa shape index (κ3) is 1.60. The first-order chi connectivity index (χ1) is 5.58. The van der Waals surface area contributed by atoms with Gasteiger partial charge in [-0.3, -0.25) is 0 Å². The molecular formula is C7H5F2NOS. The maximum absolute atomic E-state index is 12.5. The van der Waals surface area contributed by atoms with E-state index in [0.29, 0.717) is 0 Å². The predicted molar refractivity (Wildman–Crippen MR) is 39.8 cm³/mol. The van der Waals surface area contributed by atoms with E-state index in [1.54, 1.807) is 5.38 Å². The maximum Gasteiger partial charge on any atom is 0.362 e. The van der Waals surface area contributed by atoms with E-state index in [1.807, 2.05) is 0 Å². The number of thiophene rings is 1. The number of halogens is 2. The van der Waals surface area contributed by atoms with Gasteiger partial charge in [-0.25, -0.2) is 0 Å². The molecule has 0 aromatic carbocycles. The number of alkyl halides is 2. The number of rotatable bonds is 2. The van der Waals surface area contributed by atoms with E-state index in [1.165, 1.54) is 12.1 Å². The van der Waals surface area contributed by atoms with Gasteiger partial charge in [0.05, 0.1) is 0 Å². The van der Waals surface area contributed by atoms with Crippen molar-refractivity contribution in [3.8, 4) is 6.07 Å². The first-order valence-electron chi connectivity index (χ1n) is 3.08. The van der Waals surface area contributed by atoms with Crippen molar-refractivity contribution in [3.63, 3.8) is 0 Å². The number of aliphatic hydroxyl groups excluding tert-OH is 1. The second kappa shape index (κ2) is 3.17. The van der Waals surface area contributed by atoms with Crippen LogP contribution in [0.4, 0.5) is 8.78 Å². The van der Waals surface area contributed by atoms with Crippen LogP contribution in [-0.4, -0.2) is 11.0 Å². The van der Waals surface area contributed by atoms with Gasteiger partial charge in [-0.15, -0.1) is 11.3 Å². The minimum atomic E-state index is -3.70. The fourth-order valence-corrected chi connectivity index (χ4v) is 1.43. The summed E-state index contributed by atoms with van der Waals surface area (Å²) in [5.74, 6) is -3.70. The van der Waals surface area contributed by atoms with Crippen LogP contribution in [0.1, 0.15) is 11.0 Å². The summed E-state index contributed by atoms with van der Waals surface area (Å²) in [6.07, 6.45) is -2.01. The molecule has 64 valence electrons. The van der Waals surface area contributed by atoms with Gasteiger partial charge >= 0.3 is 5.92 Å². The van der Waals surface area contributed by atoms with E-state index in [-0.39, 0.29) is 4.88 Å². The topological polar surface area (TPSA) is 44.0 Å². The normalized spacial score (nSPS) is 13.8. The van der Waals surface area contributed by atoms with Gasteiger partial charge < -0.3 is 5.11 Å². The quantitative estimate of drug-likeness (QED) is 0.772. The van der Waals surface area contributed by atoms with Crippen molar-refractivity contribution in [2.24, 2.45) is 0 Å². The van der Waals surface area contributed by atoms with Crippen molar-refractivity contribution in [1.82, 2.24) is 0 Å². The standard InChI is InChI=1S/C7H5F2NOS/c8-7(9,4-10)6(11)5-2-1-3-12-5/h1-3,6,11H. The van der Waals surface area contributed by atoms with Crippen LogP contribution in [0.15, 0.2) is 17.5 Å². The molecule has 0 aliphatic heterocycles. The predicted octanol–water partition coefficient (Wildman–Crippen LogP) is 1.94. The summed E-state index contributed by atoms with van der Waals surface area (Å²) < 4.78 is 25.0. The van der Waals surface area contributed by atoms with Gasteiger partial charge in [-0.05, 0) is 11.4 Å². The molecule has 0 saturated heterocycles. The van der Waals surface area contributed by atoms with Crippen molar-refractivity contribution in [2.45, 2.75) is 12.0 Å². The third-order valence-electron chi connectivity index (χ3n) is 1.31. The highest BCUT2D eigenvalue weighted by Crippen LogP contribution is 2.32. The molecule has 0 radical (unpaired) electrons. The highest BCUT2D eigenvalue weighted by molar-refractivity contribution is 7.10. The number of nitrogens with zero attached hydrogens (tertiary/aromatic N) is 1. The summed E-state index contributed by atoms with van der Waals surface area (Å²) >= 11 is 0.992. The Hall–Kier alpha value is -0.990. The smallest absolute Gasteiger partial charge is 0.362 e. The summed E-state index contributed by atoms with van der Waals surface area (Å²) in [6, 6.07) is 3.65. The molecule has 0 bridgehead atoms. The zero-order valence-corrected chi connectivity index (χ0v) is 6.68. The Labute approximate surface area is 71.7 Å². The maximum atomic E-state index is 12.5. The van der Waals surface area contributed by atoms with E-state index in [4.69, 9.17) is 10.4 Å². The first-order valence-corrected chi connectivity index (χ1v) is 3.96. The van der Waals surface area contributed by atoms with Crippen LogP contribution in [0.5, 0.6) is 0 Å². The molecule has 1 atom stereocenters. The number of nitriles is 1. The summed E-state index contributed by atoms with van der Waals surface area (Å²) in [4.78, 5) is 0.0987. The average molecular weight is 189 g/mol. The van der Waals surface area contributed by atoms with Crippen molar-refractivity contribution < 1.29 is 13.9 Å². The first kappa shape index (κ1) is 9.10. The fourth-order valence-electron chi connectivity index (χ4n) is 0.687. The minimum Gasteiger partial charge on any atom is -0.380 e. The lowest BCUT2D eigenvalue weighted by Gasteiger charge is -2.13. The van der Waals surface area contributed by atoms with Gasteiger partial charge in [-0.2, -0.15) is 14.0 Å². The van der Waals surface area contributed by atoms with Gasteiger partial charge in [0.15, 0.2) is 6.10 Å². The average Bonchev–Trinajstić information content (AvgIpc) is 2.55. The molecule has 0 aliphatic rings. The van der Waals surface area contributed by atoms with Crippen LogP contribution in [0, 0.1) is 11.3 Å². The highest BCUT2D eigenvalue weighted by atomic mass is 32.1. The van der Waals surface area contributed by atoms with Gasteiger partial charge in [0.2, 0.25) is 0 Å². The van der Waals surface area contributed by atoms with Crippen LogP contribution < -0.4 is 0 Å². The summed E-state index contributed by atoms with van der Waals surface area (Å²) in [5, 5.41) is 18.5. The molecule has 0 fully saturated rings. The van der Waals surface area contributed by atoms with Crippen molar-refractivity contribution in [2.75, 3.05) is 0 Å². The van der Waals surface area contributed by atoms with Crippen LogP contribution in [-0.2, 0) is 0 Å². The van der Waals surface area contributed by atoms with Crippen molar-refractivity contribution >= 4 is 11.3 Å². The summed E-state index contributed by atoms with van der Waals surface area (Å²) in [6.45, 7) is 0. The second-order valence-corrected chi connectivity index (χ2v) is 3.13. The SMILES string of the molecule is N#CC(F)(F)C(O)c1cccs1. The Morgan fingerprint density at radius 1 is 1.67 bits per heavy atom. The molecule has 1 unspecified atom stereocenters. The van der Waals surface area contributed by atoms with E-state index in [9.17, 15) is 8.78 Å². The Morgan fingerprint density at radius 2 is 2.33 bits per heavy atom. The van der Waals surface area contributed by atoms with E-state index < -0.39 is 12.0 Å². The number of aliphatic hydroxyl groups is 1. The van der Waals surface area contributed by atoms with E-state index >= 15 is 0 Å². The zero-order chi connectivity index (χ0) is 9.19. The summed E-state index contributed by atoms with van der Waals surface area (Å²) in [7, 11) is 0. The Kier molecular flexibility index (Phi) is 2.40. The lowest BCUT2D eigenvalue weighted by Crippen LogP contribution is -2.22. The molecule has 0 spiro atoms. The monoisotopic (exact) mass is 189 g/mol. The van der Waals surface area contributed by atoms with Crippen LogP contribution in [0.2, 0.25) is 0 Å². The van der Waals surface area contributed by atoms with Crippen molar-refractivity contribution in [3.05, 3.63) is 22.4 Å². The molecule has 0 saturated carbocycles. The van der Waals surface area contributed by atoms with Gasteiger partial charge in [0, 0.05) is 4.88 Å². The number of hydrogen-bond acceptors (Lipinski definition) is 3. The molecule has 0 aliphatic carbocycles. The molecular weight excluding hydrogens is 184 g/mol. The minimum absolute atomic E-state index is 0.0987. The van der Waals surface area contributed by atoms with Gasteiger partial charge in [-0.1, -0.05) is 6.07 Å². The Balaban J connectivity index is 2.87. The zero-order valence-electron chi connectivity index (χ0n) is 5.87. The lowest BCUT2D eigenvalue weighted by atomic mass is 10.2. The molecule has 0 amide bonds. The molecule has 1 N–H and O–H groups in total. The Morgan fingerprint density at radius 3 is 2.75 bits per heavy atom. The molecule has 2 nitrogen and oxygen atoms in total. The molecule has 1 aromatic heterocycles. The largest absolute Gasteiger partial charge is 0.380 e.